The highest BCUT2D eigenvalue weighted by Gasteiger charge is 2.31. The van der Waals surface area contributed by atoms with E-state index in [4.69, 9.17) is 5.84 Å². The van der Waals surface area contributed by atoms with Gasteiger partial charge in [-0.15, -0.1) is 0 Å². The quantitative estimate of drug-likeness (QED) is 0.373. The summed E-state index contributed by atoms with van der Waals surface area (Å²) >= 11 is 0. The lowest BCUT2D eigenvalue weighted by atomic mass is 10.0. The molecule has 0 spiro atoms. The van der Waals surface area contributed by atoms with Gasteiger partial charge in [-0.1, -0.05) is 12.2 Å². The van der Waals surface area contributed by atoms with Gasteiger partial charge in [-0.2, -0.15) is 0 Å². The summed E-state index contributed by atoms with van der Waals surface area (Å²) in [7, 11) is 0. The summed E-state index contributed by atoms with van der Waals surface area (Å²) in [6.07, 6.45) is 5.83. The Morgan fingerprint density at radius 3 is 3.11 bits per heavy atom. The van der Waals surface area contributed by atoms with Gasteiger partial charge in [0, 0.05) is 13.1 Å². The molecule has 0 saturated carbocycles. The molecule has 2 rings (SSSR count). The van der Waals surface area contributed by atoms with Crippen molar-refractivity contribution < 1.29 is 0 Å². The van der Waals surface area contributed by atoms with Gasteiger partial charge in [-0.05, 0) is 18.3 Å². The zero-order valence-corrected chi connectivity index (χ0v) is 5.46. The van der Waals surface area contributed by atoms with Gasteiger partial charge in [0.15, 0.2) is 0 Å². The minimum atomic E-state index is 0.773. The van der Waals surface area contributed by atoms with Crippen molar-refractivity contribution in [1.82, 2.24) is 5.01 Å². The molecule has 0 bridgehead atoms. The average Bonchev–Trinajstić information content (AvgIpc) is 2.22. The Hall–Kier alpha value is -0.340. The number of allylic oxidation sites excluding steroid dienone is 1. The molecule has 1 heterocycles. The molecule has 2 atom stereocenters. The molecule has 1 fully saturated rings. The van der Waals surface area contributed by atoms with Crippen LogP contribution >= 0.6 is 0 Å². The summed E-state index contributed by atoms with van der Waals surface area (Å²) in [5.41, 5.74) is 0. The van der Waals surface area contributed by atoms with Crippen LogP contribution in [-0.4, -0.2) is 18.1 Å². The Labute approximate surface area is 55.3 Å². The van der Waals surface area contributed by atoms with Crippen LogP contribution in [0.3, 0.4) is 0 Å². The third-order valence-corrected chi connectivity index (χ3v) is 2.34. The maximum Gasteiger partial charge on any atom is 0.0194 e. The van der Waals surface area contributed by atoms with Crippen LogP contribution in [0.1, 0.15) is 6.42 Å². The molecule has 2 N–H and O–H groups in total. The molecule has 2 heteroatoms. The van der Waals surface area contributed by atoms with Crippen molar-refractivity contribution in [3.05, 3.63) is 12.2 Å². The molecule has 2 nitrogen and oxygen atoms in total. The lowest BCUT2D eigenvalue weighted by Gasteiger charge is -2.05. The molecule has 2 unspecified atom stereocenters. The van der Waals surface area contributed by atoms with Gasteiger partial charge in [0.25, 0.3) is 0 Å². The van der Waals surface area contributed by atoms with Crippen LogP contribution in [0.15, 0.2) is 12.2 Å². The summed E-state index contributed by atoms with van der Waals surface area (Å²) < 4.78 is 0. The molecule has 0 aromatic carbocycles. The summed E-state index contributed by atoms with van der Waals surface area (Å²) in [5.74, 6) is 7.24. The molecule has 0 radical (unpaired) electrons. The minimum absolute atomic E-state index is 0.773. The van der Waals surface area contributed by atoms with E-state index < -0.39 is 0 Å². The number of fused-ring (bicyclic) bond motifs is 1. The molecule has 2 aliphatic rings. The van der Waals surface area contributed by atoms with Gasteiger partial charge >= 0.3 is 0 Å². The summed E-state index contributed by atoms with van der Waals surface area (Å²) in [6.45, 7) is 2.17. The monoisotopic (exact) mass is 124 g/mol. The number of hydrazine groups is 1. The maximum atomic E-state index is 5.62. The predicted octanol–water partition coefficient (Wildman–Crippen LogP) is 0.368. The number of rotatable bonds is 0. The van der Waals surface area contributed by atoms with E-state index in [-0.39, 0.29) is 0 Å². The molecule has 0 amide bonds. The van der Waals surface area contributed by atoms with Crippen LogP contribution in [0.25, 0.3) is 0 Å². The van der Waals surface area contributed by atoms with E-state index in [1.165, 1.54) is 6.42 Å². The zero-order valence-electron chi connectivity index (χ0n) is 5.46. The average molecular weight is 124 g/mol. The number of nitrogens with zero attached hydrogens (tertiary/aromatic N) is 1. The normalized spacial score (nSPS) is 41.9. The standard InChI is InChI=1S/C7H12N2/c8-9-4-6-2-1-3-7(6)5-9/h1-2,6-7H,3-5,8H2. The van der Waals surface area contributed by atoms with Gasteiger partial charge in [0.1, 0.15) is 0 Å². The third-order valence-electron chi connectivity index (χ3n) is 2.34. The van der Waals surface area contributed by atoms with Crippen molar-refractivity contribution in [2.75, 3.05) is 13.1 Å². The highest BCUT2D eigenvalue weighted by molar-refractivity contribution is 5.05. The first kappa shape index (κ1) is 5.45. The van der Waals surface area contributed by atoms with Crippen molar-refractivity contribution in [2.24, 2.45) is 17.7 Å². The number of hydrogen-bond donors (Lipinski definition) is 1. The molecule has 0 aromatic heterocycles. The van der Waals surface area contributed by atoms with E-state index >= 15 is 0 Å². The Kier molecular flexibility index (Phi) is 1.10. The van der Waals surface area contributed by atoms with E-state index in [0.717, 1.165) is 24.9 Å². The zero-order chi connectivity index (χ0) is 6.27. The Morgan fingerprint density at radius 1 is 1.44 bits per heavy atom. The fourth-order valence-electron chi connectivity index (χ4n) is 1.83. The van der Waals surface area contributed by atoms with Gasteiger partial charge < -0.3 is 0 Å². The number of nitrogens with two attached hydrogens (primary N) is 1. The topological polar surface area (TPSA) is 29.3 Å². The van der Waals surface area contributed by atoms with Crippen molar-refractivity contribution in [3.8, 4) is 0 Å². The molecule has 0 aromatic rings. The van der Waals surface area contributed by atoms with Crippen LogP contribution < -0.4 is 5.84 Å². The van der Waals surface area contributed by atoms with E-state index in [1.807, 2.05) is 5.01 Å². The summed E-state index contributed by atoms with van der Waals surface area (Å²) in [4.78, 5) is 0. The van der Waals surface area contributed by atoms with Crippen LogP contribution in [0.5, 0.6) is 0 Å². The highest BCUT2D eigenvalue weighted by Crippen LogP contribution is 2.30. The largest absolute Gasteiger partial charge is 0.269 e. The fourth-order valence-corrected chi connectivity index (χ4v) is 1.83. The fraction of sp³-hybridized carbons (Fsp3) is 0.714. The van der Waals surface area contributed by atoms with E-state index in [9.17, 15) is 0 Å². The van der Waals surface area contributed by atoms with Gasteiger partial charge in [0.2, 0.25) is 0 Å². The van der Waals surface area contributed by atoms with E-state index in [2.05, 4.69) is 12.2 Å². The molecular formula is C7H12N2. The van der Waals surface area contributed by atoms with Crippen molar-refractivity contribution in [3.63, 3.8) is 0 Å². The molecule has 1 aliphatic heterocycles. The smallest absolute Gasteiger partial charge is 0.0194 e. The Morgan fingerprint density at radius 2 is 2.33 bits per heavy atom. The highest BCUT2D eigenvalue weighted by atomic mass is 15.4. The Balaban J connectivity index is 2.08. The second kappa shape index (κ2) is 1.82. The first-order valence-electron chi connectivity index (χ1n) is 3.52. The Bertz CT molecular complexity index is 142. The van der Waals surface area contributed by atoms with Crippen molar-refractivity contribution in [1.29, 1.82) is 0 Å². The minimum Gasteiger partial charge on any atom is -0.269 e. The lowest BCUT2D eigenvalue weighted by Crippen LogP contribution is -2.28. The van der Waals surface area contributed by atoms with Crippen LogP contribution in [0.2, 0.25) is 0 Å². The summed E-state index contributed by atoms with van der Waals surface area (Å²) in [6, 6.07) is 0. The third kappa shape index (κ3) is 0.787. The molecule has 1 aliphatic carbocycles. The van der Waals surface area contributed by atoms with Gasteiger partial charge in [0.05, 0.1) is 0 Å². The number of hydrogen-bond acceptors (Lipinski definition) is 2. The maximum absolute atomic E-state index is 5.62. The second-order valence-electron chi connectivity index (χ2n) is 3.04. The van der Waals surface area contributed by atoms with Gasteiger partial charge in [-0.25, -0.2) is 5.01 Å². The second-order valence-corrected chi connectivity index (χ2v) is 3.04. The van der Waals surface area contributed by atoms with Gasteiger partial charge in [-0.3, -0.25) is 5.84 Å². The summed E-state index contributed by atoms with van der Waals surface area (Å²) in [5, 5.41) is 1.93. The first-order valence-corrected chi connectivity index (χ1v) is 3.52. The van der Waals surface area contributed by atoms with Crippen LogP contribution in [0.4, 0.5) is 0 Å². The molecule has 1 saturated heterocycles. The lowest BCUT2D eigenvalue weighted by molar-refractivity contribution is 0.336. The van der Waals surface area contributed by atoms with E-state index in [0.29, 0.717) is 0 Å². The van der Waals surface area contributed by atoms with Crippen molar-refractivity contribution >= 4 is 0 Å². The van der Waals surface area contributed by atoms with E-state index in [1.54, 1.807) is 0 Å². The SMILES string of the molecule is NN1CC2C=CCC2C1. The van der Waals surface area contributed by atoms with Crippen LogP contribution in [-0.2, 0) is 0 Å². The predicted molar refractivity (Wildman–Crippen MR) is 36.5 cm³/mol. The molecular weight excluding hydrogens is 112 g/mol. The van der Waals surface area contributed by atoms with Crippen molar-refractivity contribution in [2.45, 2.75) is 6.42 Å². The molecule has 9 heavy (non-hydrogen) atoms. The first-order chi connectivity index (χ1) is 4.36. The van der Waals surface area contributed by atoms with Crippen LogP contribution in [0, 0.1) is 11.8 Å². The molecule has 50 valence electrons.